The van der Waals surface area contributed by atoms with E-state index in [-0.39, 0.29) is 115 Å². The molecule has 0 aliphatic rings. The Hall–Kier alpha value is -3.08. The van der Waals surface area contributed by atoms with Crippen LogP contribution in [0.4, 0.5) is 202 Å². The molecule has 0 nitrogen and oxygen atoms in total. The predicted octanol–water partition coefficient (Wildman–Crippen LogP) is 25.7. The molecule has 0 spiro atoms. The molecule has 0 bridgehead atoms. The second-order valence-electron chi connectivity index (χ2n) is 0. The average Bonchev–Trinajstić information content (AvgIpc) is 3.21. The van der Waals surface area contributed by atoms with Gasteiger partial charge in [-0.2, -0.15) is 0 Å². The molecular weight excluding hydrogens is 992 g/mol. The van der Waals surface area contributed by atoms with E-state index >= 15 is 0 Å². The summed E-state index contributed by atoms with van der Waals surface area (Å²) in [5, 5.41) is 0. The van der Waals surface area contributed by atoms with E-state index in [9.17, 15) is 0 Å². The molecule has 416 valence electrons. The number of rotatable bonds is 0. The van der Waals surface area contributed by atoms with E-state index in [2.05, 4.69) is 0 Å². The van der Waals surface area contributed by atoms with Crippen LogP contribution in [0, 0.1) is 0 Å². The topological polar surface area (TPSA) is 0 Å². The molecule has 0 aliphatic heterocycles. The van der Waals surface area contributed by atoms with E-state index in [0.29, 0.717) is 0 Å². The van der Waals surface area contributed by atoms with E-state index in [1.807, 2.05) is 0 Å². The third kappa shape index (κ3) is 14500. The molecule has 0 radical (unpaired) electrons. The summed E-state index contributed by atoms with van der Waals surface area (Å²) in [7, 11) is 0. The minimum atomic E-state index is 0. The quantitative estimate of drug-likeness (QED) is 0.212. The third-order valence-corrected chi connectivity index (χ3v) is 0. The molecule has 0 rings (SSSR count). The summed E-state index contributed by atoms with van der Waals surface area (Å²) in [6.07, 6.45) is 0. The maximum atomic E-state index is 8.00. The van der Waals surface area contributed by atoms with Gasteiger partial charge in [-0.05, 0) is 0 Å². The van der Waals surface area contributed by atoms with Crippen molar-refractivity contribution in [3.8, 4) is 0 Å². The van der Waals surface area contributed by atoms with Crippen molar-refractivity contribution < 1.29 is 202 Å². The minimum absolute atomic E-state index is 0. The summed E-state index contributed by atoms with van der Waals surface area (Å²) in [5.74, 6) is 0. The van der Waals surface area contributed by atoms with Crippen LogP contribution in [0.25, 0.3) is 0 Å². The maximum Gasteiger partial charge on any atom is 0 e. The SMILES string of the molecule is C.C.C.C.C.C.C.C.C.C.C.C.C.F.F.F.F.FF.FF.FF.FF.FF.FF.FF.FF.FF.FF.FF.FF.FF.FF.FF.FF.FF.FF.FF.FF. The fourth-order valence-corrected chi connectivity index (χ4v) is 0. The highest BCUT2D eigenvalue weighted by molar-refractivity contribution is 2.52. The summed E-state index contributed by atoms with van der Waals surface area (Å²) in [6, 6.07) is 0. The maximum absolute atomic E-state index is 8.00. The van der Waals surface area contributed by atoms with Crippen molar-refractivity contribution in [3.05, 3.63) is 0 Å². The van der Waals surface area contributed by atoms with Gasteiger partial charge >= 0.3 is 0 Å². The van der Waals surface area contributed by atoms with E-state index in [1.165, 1.54) is 0 Å². The number of halogens is 44. The molecule has 0 saturated heterocycles. The van der Waals surface area contributed by atoms with Crippen molar-refractivity contribution in [2.24, 2.45) is 0 Å². The van der Waals surface area contributed by atoms with Gasteiger partial charge in [-0.25, -0.2) is 0 Å². The second-order valence-corrected chi connectivity index (χ2v) is 0. The summed E-state index contributed by atoms with van der Waals surface area (Å²) < 4.78 is 320. The smallest absolute Gasteiger partial charge is 0 e. The van der Waals surface area contributed by atoms with Crippen LogP contribution in [-0.4, -0.2) is 0 Å². The molecule has 0 heterocycles. The third-order valence-electron chi connectivity index (χ3n) is 0. The van der Waals surface area contributed by atoms with Crippen LogP contribution in [0.2, 0.25) is 0 Å². The summed E-state index contributed by atoms with van der Waals surface area (Å²) in [6.45, 7) is 0. The van der Waals surface area contributed by atoms with Crippen LogP contribution >= 0.6 is 0 Å². The van der Waals surface area contributed by atoms with Crippen LogP contribution in [0.1, 0.15) is 96.5 Å². The molecule has 0 saturated carbocycles. The van der Waals surface area contributed by atoms with Gasteiger partial charge in [-0.15, -0.1) is 0 Å². The number of hydrogen-bond acceptors (Lipinski definition) is 0. The molecule has 0 fully saturated rings. The van der Waals surface area contributed by atoms with Crippen molar-refractivity contribution in [2.45, 2.75) is 96.5 Å². The van der Waals surface area contributed by atoms with Gasteiger partial charge in [0.05, 0.1) is 0 Å². The highest BCUT2D eigenvalue weighted by atomic mass is 20.0. The lowest BCUT2D eigenvalue weighted by molar-refractivity contribution is 0.108. The Morgan fingerprint density at radius 1 is 0.0702 bits per heavy atom. The van der Waals surface area contributed by atoms with Crippen molar-refractivity contribution in [2.75, 3.05) is 0 Å². The second kappa shape index (κ2) is 15000. The van der Waals surface area contributed by atoms with Gasteiger partial charge in [-0.1, -0.05) is 96.5 Å². The van der Waals surface area contributed by atoms with Gasteiger partial charge in [0.1, 0.15) is 0 Å². The van der Waals surface area contributed by atoms with Gasteiger partial charge in [-0.3, -0.25) is 18.8 Å². The molecular formula is C13H56F44. The first kappa shape index (κ1) is 527. The Kier molecular flexibility index (Phi) is 139000. The average molecular weight is 1050 g/mol. The van der Waals surface area contributed by atoms with E-state index < -0.39 is 0 Å². The normalized spacial score (nSPS) is 2.11. The Labute approximate surface area is 300 Å². The van der Waals surface area contributed by atoms with E-state index in [1.54, 1.807) is 0 Å². The molecule has 44 heteroatoms. The highest BCUT2D eigenvalue weighted by Gasteiger charge is 1.04. The van der Waals surface area contributed by atoms with Crippen molar-refractivity contribution in [1.29, 1.82) is 0 Å². The van der Waals surface area contributed by atoms with Crippen LogP contribution in [0.15, 0.2) is 0 Å². The molecule has 0 aromatic rings. The zero-order chi connectivity index (χ0) is 40.0. The zero-order valence-electron chi connectivity index (χ0n) is 16.8. The summed E-state index contributed by atoms with van der Waals surface area (Å²) >= 11 is 0. The van der Waals surface area contributed by atoms with Gasteiger partial charge < -0.3 is 0 Å². The zero-order valence-corrected chi connectivity index (χ0v) is 16.8. The van der Waals surface area contributed by atoms with Crippen LogP contribution in [-0.2, 0) is 0 Å². The molecule has 0 aromatic heterocycles. The Morgan fingerprint density at radius 2 is 0.0702 bits per heavy atom. The summed E-state index contributed by atoms with van der Waals surface area (Å²) in [4.78, 5) is 0. The fourth-order valence-electron chi connectivity index (χ4n) is 0. The van der Waals surface area contributed by atoms with Crippen LogP contribution in [0.5, 0.6) is 0 Å². The van der Waals surface area contributed by atoms with E-state index in [0.717, 1.165) is 0 Å². The van der Waals surface area contributed by atoms with Gasteiger partial charge in [0.15, 0.2) is 0 Å². The lowest BCUT2D eigenvalue weighted by Crippen LogP contribution is -0.580. The largest absolute Gasteiger partial charge is 0.269 e. The van der Waals surface area contributed by atoms with Crippen LogP contribution in [0.3, 0.4) is 0 Å². The molecule has 0 atom stereocenters. The highest BCUT2D eigenvalue weighted by Crippen LogP contribution is 1.46. The first-order chi connectivity index (χ1) is 20.0. The lowest BCUT2D eigenvalue weighted by Gasteiger charge is -1.00. The molecule has 57 heavy (non-hydrogen) atoms. The lowest BCUT2D eigenvalue weighted by atomic mass is 12.0. The van der Waals surface area contributed by atoms with E-state index in [4.69, 9.17) is 183 Å². The Morgan fingerprint density at radius 3 is 0.0702 bits per heavy atom. The minimum Gasteiger partial charge on any atom is -0.269 e. The molecule has 0 unspecified atom stereocenters. The first-order valence-corrected chi connectivity index (χ1v) is 2.86. The van der Waals surface area contributed by atoms with Crippen molar-refractivity contribution in [3.63, 3.8) is 0 Å². The Balaban J connectivity index is -0.00000000208. The molecule has 0 amide bonds. The number of hydrogen-bond donors (Lipinski definition) is 0. The first-order valence-electron chi connectivity index (χ1n) is 2.86. The Bertz CT molecular complexity index is 44.2. The molecule has 0 N–H and O–H groups in total. The van der Waals surface area contributed by atoms with Crippen molar-refractivity contribution in [1.82, 2.24) is 0 Å². The summed E-state index contributed by atoms with van der Waals surface area (Å²) in [5.41, 5.74) is 0. The van der Waals surface area contributed by atoms with Crippen LogP contribution < -0.4 is 0 Å². The standard InChI is InChI=1S/13CH4.20F2.4FH/c;;;;;;;;;;;;;20*1-2;;;;/h13*1H4;;;;;;;;;;;;;;;;;;;;;4*1H. The van der Waals surface area contributed by atoms with Gasteiger partial charge in [0.2, 0.25) is 0 Å². The van der Waals surface area contributed by atoms with Gasteiger partial charge in [0, 0.05) is 183 Å². The molecule has 0 aliphatic carbocycles. The predicted molar refractivity (Wildman–Crippen MR) is 142 cm³/mol. The molecule has 0 aromatic carbocycles. The fraction of sp³-hybridized carbons (Fsp3) is 1.00. The van der Waals surface area contributed by atoms with Gasteiger partial charge in [0.25, 0.3) is 0 Å². The van der Waals surface area contributed by atoms with Crippen molar-refractivity contribution >= 4 is 0 Å². The monoisotopic (exact) mass is 1050 g/mol.